The monoisotopic (exact) mass is 148 g/mol. The summed E-state index contributed by atoms with van der Waals surface area (Å²) in [7, 11) is 0. The van der Waals surface area contributed by atoms with Gasteiger partial charge in [0.15, 0.2) is 6.36 Å². The fraction of sp³-hybridized carbons (Fsp3) is 0.500. The van der Waals surface area contributed by atoms with Gasteiger partial charge in [-0.1, -0.05) is 6.58 Å². The van der Waals surface area contributed by atoms with Crippen LogP contribution < -0.4 is 0 Å². The Balaban J connectivity index is 3.19. The fourth-order valence-electron chi connectivity index (χ4n) is 0.316. The average Bonchev–Trinajstić information content (AvgIpc) is 1.87. The quantitative estimate of drug-likeness (QED) is 0.463. The molecule has 1 N–H and O–H groups in total. The van der Waals surface area contributed by atoms with Gasteiger partial charge in [0, 0.05) is 12.5 Å². The average molecular weight is 148 g/mol. The van der Waals surface area contributed by atoms with E-state index in [4.69, 9.17) is 5.11 Å². The van der Waals surface area contributed by atoms with E-state index in [2.05, 4.69) is 11.3 Å². The van der Waals surface area contributed by atoms with Gasteiger partial charge in [-0.2, -0.15) is 0 Å². The Hall–Kier alpha value is -0.900. The van der Waals surface area contributed by atoms with E-state index in [0.717, 1.165) is 6.08 Å². The second-order valence-corrected chi connectivity index (χ2v) is 1.59. The number of ether oxygens (including phenoxy) is 1. The molecular weight excluding hydrogens is 139 g/mol. The number of aliphatic hydroxyl groups excluding tert-OH is 1. The smallest absolute Gasteiger partial charge is 0.330 e. The van der Waals surface area contributed by atoms with Crippen molar-refractivity contribution in [2.24, 2.45) is 0 Å². The molecule has 0 aromatic heterocycles. The van der Waals surface area contributed by atoms with Gasteiger partial charge in [0.05, 0.1) is 6.61 Å². The molecule has 10 heavy (non-hydrogen) atoms. The number of carbonyl (C=O) groups excluding carboxylic acids is 1. The lowest BCUT2D eigenvalue weighted by molar-refractivity contribution is -0.139. The highest BCUT2D eigenvalue weighted by Crippen LogP contribution is 1.92. The molecule has 0 amide bonds. The first-order valence-corrected chi connectivity index (χ1v) is 2.78. The van der Waals surface area contributed by atoms with Crippen molar-refractivity contribution in [2.75, 3.05) is 6.61 Å². The summed E-state index contributed by atoms with van der Waals surface area (Å²) in [5, 5.41) is 8.05. The van der Waals surface area contributed by atoms with Crippen LogP contribution in [0.4, 0.5) is 4.39 Å². The van der Waals surface area contributed by atoms with E-state index in [1.807, 2.05) is 0 Å². The molecule has 0 aromatic rings. The van der Waals surface area contributed by atoms with Gasteiger partial charge in [0.1, 0.15) is 0 Å². The summed E-state index contributed by atoms with van der Waals surface area (Å²) in [6, 6.07) is 0. The molecule has 0 aliphatic carbocycles. The van der Waals surface area contributed by atoms with Crippen LogP contribution in [-0.4, -0.2) is 24.0 Å². The SMILES string of the molecule is C=CC(=O)OCCC(O)F. The first-order chi connectivity index (χ1) is 4.66. The van der Waals surface area contributed by atoms with Crippen molar-refractivity contribution in [1.82, 2.24) is 0 Å². The molecular formula is C6H9FO3. The molecule has 3 nitrogen and oxygen atoms in total. The highest BCUT2D eigenvalue weighted by molar-refractivity contribution is 5.81. The third kappa shape index (κ3) is 5.24. The molecule has 0 rings (SSSR count). The second kappa shape index (κ2) is 4.93. The number of hydrogen-bond donors (Lipinski definition) is 1. The lowest BCUT2D eigenvalue weighted by atomic mass is 10.5. The van der Waals surface area contributed by atoms with Crippen molar-refractivity contribution in [1.29, 1.82) is 0 Å². The summed E-state index contributed by atoms with van der Waals surface area (Å²) in [6.45, 7) is 3.01. The summed E-state index contributed by atoms with van der Waals surface area (Å²) < 4.78 is 15.9. The largest absolute Gasteiger partial charge is 0.462 e. The van der Waals surface area contributed by atoms with Crippen LogP contribution in [0.3, 0.4) is 0 Å². The summed E-state index contributed by atoms with van der Waals surface area (Å²) in [5.74, 6) is -0.611. The van der Waals surface area contributed by atoms with Crippen molar-refractivity contribution in [2.45, 2.75) is 12.8 Å². The number of carbonyl (C=O) groups is 1. The molecule has 0 aliphatic heterocycles. The third-order valence-corrected chi connectivity index (χ3v) is 0.767. The van der Waals surface area contributed by atoms with Gasteiger partial charge in [-0.05, 0) is 0 Å². The van der Waals surface area contributed by atoms with Crippen molar-refractivity contribution < 1.29 is 19.0 Å². The van der Waals surface area contributed by atoms with Crippen molar-refractivity contribution >= 4 is 5.97 Å². The minimum atomic E-state index is -1.92. The van der Waals surface area contributed by atoms with E-state index in [9.17, 15) is 9.18 Å². The van der Waals surface area contributed by atoms with Gasteiger partial charge in [-0.3, -0.25) is 0 Å². The van der Waals surface area contributed by atoms with Crippen LogP contribution in [0, 0.1) is 0 Å². The van der Waals surface area contributed by atoms with Crippen LogP contribution in [-0.2, 0) is 9.53 Å². The Labute approximate surface area is 58.1 Å². The zero-order valence-electron chi connectivity index (χ0n) is 5.42. The Kier molecular flexibility index (Phi) is 4.49. The molecule has 0 saturated heterocycles. The maximum absolute atomic E-state index is 11.6. The van der Waals surface area contributed by atoms with Crippen LogP contribution in [0.25, 0.3) is 0 Å². The van der Waals surface area contributed by atoms with Crippen molar-refractivity contribution in [3.8, 4) is 0 Å². The van der Waals surface area contributed by atoms with Gasteiger partial charge in [0.25, 0.3) is 0 Å². The van der Waals surface area contributed by atoms with E-state index in [1.54, 1.807) is 0 Å². The molecule has 0 heterocycles. The minimum Gasteiger partial charge on any atom is -0.462 e. The topological polar surface area (TPSA) is 46.5 Å². The van der Waals surface area contributed by atoms with E-state index in [0.29, 0.717) is 0 Å². The van der Waals surface area contributed by atoms with Crippen LogP contribution in [0.5, 0.6) is 0 Å². The predicted octanol–water partition coefficient (Wildman–Crippen LogP) is 0.394. The van der Waals surface area contributed by atoms with Gasteiger partial charge in [0.2, 0.25) is 0 Å². The van der Waals surface area contributed by atoms with Crippen molar-refractivity contribution in [3.63, 3.8) is 0 Å². The molecule has 1 atom stereocenters. The molecule has 4 heteroatoms. The maximum atomic E-state index is 11.6. The molecule has 0 fully saturated rings. The summed E-state index contributed by atoms with van der Waals surface area (Å²) in [6.07, 6.45) is -1.14. The Bertz CT molecular complexity index is 122. The van der Waals surface area contributed by atoms with Crippen LogP contribution in [0.2, 0.25) is 0 Å². The van der Waals surface area contributed by atoms with Gasteiger partial charge >= 0.3 is 5.97 Å². The minimum absolute atomic E-state index is 0.123. The predicted molar refractivity (Wildman–Crippen MR) is 32.9 cm³/mol. The van der Waals surface area contributed by atoms with Gasteiger partial charge < -0.3 is 9.84 Å². The van der Waals surface area contributed by atoms with Crippen LogP contribution in [0.15, 0.2) is 12.7 Å². The van der Waals surface area contributed by atoms with E-state index in [-0.39, 0.29) is 13.0 Å². The molecule has 0 saturated carbocycles. The van der Waals surface area contributed by atoms with Crippen LogP contribution >= 0.6 is 0 Å². The molecule has 0 radical (unpaired) electrons. The Morgan fingerprint density at radius 3 is 2.90 bits per heavy atom. The molecule has 0 spiro atoms. The number of halogens is 1. The first-order valence-electron chi connectivity index (χ1n) is 2.78. The normalized spacial score (nSPS) is 12.2. The number of rotatable bonds is 4. The van der Waals surface area contributed by atoms with Crippen molar-refractivity contribution in [3.05, 3.63) is 12.7 Å². The Morgan fingerprint density at radius 2 is 2.50 bits per heavy atom. The summed E-state index contributed by atoms with van der Waals surface area (Å²) in [5.41, 5.74) is 0. The number of alkyl halides is 1. The number of esters is 1. The highest BCUT2D eigenvalue weighted by atomic mass is 19.1. The molecule has 1 unspecified atom stereocenters. The third-order valence-electron chi connectivity index (χ3n) is 0.767. The summed E-state index contributed by atoms with van der Waals surface area (Å²) >= 11 is 0. The second-order valence-electron chi connectivity index (χ2n) is 1.59. The van der Waals surface area contributed by atoms with Gasteiger partial charge in [-0.25, -0.2) is 9.18 Å². The number of aliphatic hydroxyl groups is 1. The zero-order valence-corrected chi connectivity index (χ0v) is 5.42. The lowest BCUT2D eigenvalue weighted by Crippen LogP contribution is -2.07. The molecule has 58 valence electrons. The van der Waals surface area contributed by atoms with Crippen LogP contribution in [0.1, 0.15) is 6.42 Å². The van der Waals surface area contributed by atoms with E-state index in [1.165, 1.54) is 0 Å². The maximum Gasteiger partial charge on any atom is 0.330 e. The fourth-order valence-corrected chi connectivity index (χ4v) is 0.316. The molecule has 0 aliphatic rings. The highest BCUT2D eigenvalue weighted by Gasteiger charge is 2.00. The first kappa shape index (κ1) is 9.10. The standard InChI is InChI=1S/C6H9FO3/c1-2-6(9)10-4-3-5(7)8/h2,5,8H,1,3-4H2. The number of hydrogen-bond acceptors (Lipinski definition) is 3. The lowest BCUT2D eigenvalue weighted by Gasteiger charge is -2.00. The molecule has 0 aromatic carbocycles. The Morgan fingerprint density at radius 1 is 1.90 bits per heavy atom. The molecule has 0 bridgehead atoms. The van der Waals surface area contributed by atoms with Gasteiger partial charge in [-0.15, -0.1) is 0 Å². The zero-order chi connectivity index (χ0) is 7.98. The van der Waals surface area contributed by atoms with E-state index < -0.39 is 12.3 Å². The summed E-state index contributed by atoms with van der Waals surface area (Å²) in [4.78, 5) is 10.2. The van der Waals surface area contributed by atoms with E-state index >= 15 is 0 Å².